The summed E-state index contributed by atoms with van der Waals surface area (Å²) in [5.74, 6) is -1.07. The highest BCUT2D eigenvalue weighted by Gasteiger charge is 2.27. The number of rotatable bonds is 12. The first kappa shape index (κ1) is 29.6. The first-order valence-corrected chi connectivity index (χ1v) is 13.7. The Morgan fingerprint density at radius 3 is 2.44 bits per heavy atom. The van der Waals surface area contributed by atoms with Crippen LogP contribution in [0.1, 0.15) is 55.6 Å². The Labute approximate surface area is 233 Å². The minimum Gasteiger partial charge on any atom is -0.496 e. The molecule has 14 heteroatoms. The zero-order valence-corrected chi connectivity index (χ0v) is 23.8. The van der Waals surface area contributed by atoms with Crippen LogP contribution in [-0.4, -0.2) is 64.6 Å². The van der Waals surface area contributed by atoms with Crippen LogP contribution >= 0.6 is 23.1 Å². The van der Waals surface area contributed by atoms with Crippen LogP contribution in [0.5, 0.6) is 5.75 Å². The largest absolute Gasteiger partial charge is 0.496 e. The number of nitrogens with zero attached hydrogens (tertiary/aromatic N) is 3. The number of anilines is 1. The summed E-state index contributed by atoms with van der Waals surface area (Å²) in [4.78, 5) is 50.4. The van der Waals surface area contributed by atoms with E-state index in [1.165, 1.54) is 7.11 Å². The molecule has 2 aromatic heterocycles. The fourth-order valence-electron chi connectivity index (χ4n) is 3.45. The minimum absolute atomic E-state index is 0.0481. The van der Waals surface area contributed by atoms with Crippen LogP contribution in [-0.2, 0) is 27.9 Å². The minimum atomic E-state index is -0.641. The molecule has 0 atom stereocenters. The Morgan fingerprint density at radius 1 is 1.05 bits per heavy atom. The lowest BCUT2D eigenvalue weighted by Gasteiger charge is -2.09. The number of para-hydroxylation sites is 1. The Bertz CT molecular complexity index is 1370. The Balaban J connectivity index is 1.65. The van der Waals surface area contributed by atoms with Gasteiger partial charge in [0.05, 0.1) is 43.7 Å². The quantitative estimate of drug-likeness (QED) is 0.243. The summed E-state index contributed by atoms with van der Waals surface area (Å²) in [5, 5.41) is 14.3. The van der Waals surface area contributed by atoms with Gasteiger partial charge in [-0.3, -0.25) is 9.59 Å². The number of hydrogen-bond acceptors (Lipinski definition) is 11. The number of ether oxygens (including phenoxy) is 3. The van der Waals surface area contributed by atoms with E-state index < -0.39 is 17.8 Å². The van der Waals surface area contributed by atoms with E-state index in [2.05, 4.69) is 20.8 Å². The molecule has 0 saturated carbocycles. The van der Waals surface area contributed by atoms with Crippen LogP contribution in [0.3, 0.4) is 0 Å². The molecule has 208 valence electrons. The average molecular weight is 576 g/mol. The number of thiophene rings is 1. The predicted octanol–water partition coefficient (Wildman–Crippen LogP) is 3.21. The van der Waals surface area contributed by atoms with Crippen molar-refractivity contribution in [2.45, 2.75) is 32.5 Å². The van der Waals surface area contributed by atoms with Gasteiger partial charge < -0.3 is 29.4 Å². The van der Waals surface area contributed by atoms with Crippen molar-refractivity contribution >= 4 is 51.9 Å². The van der Waals surface area contributed by atoms with Crippen molar-refractivity contribution in [1.82, 2.24) is 20.1 Å². The molecule has 0 bridgehead atoms. The molecular formula is C25H29N5O7S2. The monoisotopic (exact) mass is 575 g/mol. The van der Waals surface area contributed by atoms with E-state index in [4.69, 9.17) is 14.2 Å². The van der Waals surface area contributed by atoms with Crippen molar-refractivity contribution in [3.63, 3.8) is 0 Å². The van der Waals surface area contributed by atoms with Gasteiger partial charge in [-0.2, -0.15) is 0 Å². The maximum Gasteiger partial charge on any atom is 0.348 e. The van der Waals surface area contributed by atoms with E-state index in [0.29, 0.717) is 27.9 Å². The van der Waals surface area contributed by atoms with Crippen molar-refractivity contribution < 1.29 is 33.4 Å². The molecular weight excluding hydrogens is 546 g/mol. The second-order valence-electron chi connectivity index (χ2n) is 7.88. The van der Waals surface area contributed by atoms with Crippen molar-refractivity contribution in [3.8, 4) is 5.75 Å². The lowest BCUT2D eigenvalue weighted by atomic mass is 10.1. The lowest BCUT2D eigenvalue weighted by molar-refractivity contribution is -0.113. The number of hydrogen-bond donors (Lipinski definition) is 2. The highest BCUT2D eigenvalue weighted by Crippen LogP contribution is 2.34. The second-order valence-corrected chi connectivity index (χ2v) is 9.84. The maximum atomic E-state index is 12.8. The third-order valence-electron chi connectivity index (χ3n) is 5.36. The molecule has 0 aliphatic carbocycles. The van der Waals surface area contributed by atoms with Crippen LogP contribution in [0, 0.1) is 6.92 Å². The van der Waals surface area contributed by atoms with E-state index >= 15 is 0 Å². The molecule has 2 N–H and O–H groups in total. The van der Waals surface area contributed by atoms with Crippen molar-refractivity contribution in [2.24, 2.45) is 7.05 Å². The second kappa shape index (κ2) is 13.8. The lowest BCUT2D eigenvalue weighted by Crippen LogP contribution is -2.25. The van der Waals surface area contributed by atoms with E-state index in [9.17, 15) is 19.2 Å². The van der Waals surface area contributed by atoms with Crippen molar-refractivity contribution in [1.29, 1.82) is 0 Å². The Morgan fingerprint density at radius 2 is 1.74 bits per heavy atom. The van der Waals surface area contributed by atoms with E-state index in [1.807, 2.05) is 0 Å². The van der Waals surface area contributed by atoms with Gasteiger partial charge in [0.2, 0.25) is 5.91 Å². The molecule has 12 nitrogen and oxygen atoms in total. The molecule has 39 heavy (non-hydrogen) atoms. The number of carbonyl (C=O) groups excluding carboxylic acids is 4. The first-order chi connectivity index (χ1) is 18.7. The Kier molecular flexibility index (Phi) is 10.5. The summed E-state index contributed by atoms with van der Waals surface area (Å²) in [6.45, 7) is 5.38. The van der Waals surface area contributed by atoms with Crippen LogP contribution in [0.2, 0.25) is 0 Å². The molecule has 3 aromatic rings. The molecule has 0 radical (unpaired) electrons. The smallest absolute Gasteiger partial charge is 0.348 e. The van der Waals surface area contributed by atoms with E-state index in [-0.39, 0.29) is 46.9 Å². The fraction of sp³-hybridized carbons (Fsp3) is 0.360. The highest BCUT2D eigenvalue weighted by atomic mass is 32.2. The maximum absolute atomic E-state index is 12.8. The summed E-state index contributed by atoms with van der Waals surface area (Å²) in [7, 11) is 3.21. The standard InChI is InChI=1S/C25H29N5O7S2/c1-6-36-23(33)19-14(3)20(24(34)37-7-2)39-22(19)27-18(31)13-38-25-29-28-17(30(25)4)12-26-21(32)15-10-8-9-11-16(15)35-5/h8-11H,6-7,12-13H2,1-5H3,(H,26,32)(H,27,31). The number of nitrogens with one attached hydrogen (secondary N) is 2. The molecule has 0 spiro atoms. The molecule has 3 rings (SSSR count). The average Bonchev–Trinajstić information content (AvgIpc) is 3.44. The summed E-state index contributed by atoms with van der Waals surface area (Å²) >= 11 is 2.08. The van der Waals surface area contributed by atoms with Gasteiger partial charge in [0.25, 0.3) is 5.91 Å². The topological polar surface area (TPSA) is 151 Å². The Hall–Kier alpha value is -3.91. The van der Waals surface area contributed by atoms with Crippen LogP contribution in [0.15, 0.2) is 29.4 Å². The molecule has 0 saturated heterocycles. The molecule has 0 aliphatic rings. The number of methoxy groups -OCH3 is 1. The van der Waals surface area contributed by atoms with E-state index in [0.717, 1.165) is 23.1 Å². The SMILES string of the molecule is CCOC(=O)c1sc(NC(=O)CSc2nnc(CNC(=O)c3ccccc3OC)n2C)c(C(=O)OCC)c1C. The van der Waals surface area contributed by atoms with E-state index in [1.54, 1.807) is 56.7 Å². The van der Waals surface area contributed by atoms with Gasteiger partial charge in [-0.1, -0.05) is 23.9 Å². The van der Waals surface area contributed by atoms with Gasteiger partial charge >= 0.3 is 11.9 Å². The normalized spacial score (nSPS) is 10.6. The summed E-state index contributed by atoms with van der Waals surface area (Å²) in [6, 6.07) is 6.86. The summed E-state index contributed by atoms with van der Waals surface area (Å²) < 4.78 is 17.1. The molecule has 1 aromatic carbocycles. The number of aromatic nitrogens is 3. The summed E-state index contributed by atoms with van der Waals surface area (Å²) in [5.41, 5.74) is 0.897. The molecule has 2 heterocycles. The van der Waals surface area contributed by atoms with Gasteiger partial charge in [0, 0.05) is 7.05 Å². The zero-order valence-electron chi connectivity index (χ0n) is 22.2. The third-order valence-corrected chi connectivity index (χ3v) is 7.56. The molecule has 0 fully saturated rings. The molecule has 0 aliphatic heterocycles. The molecule has 2 amide bonds. The number of benzene rings is 1. The van der Waals surface area contributed by atoms with Gasteiger partial charge in [0.15, 0.2) is 11.0 Å². The van der Waals surface area contributed by atoms with Crippen LogP contribution in [0.4, 0.5) is 5.00 Å². The van der Waals surface area contributed by atoms with Crippen molar-refractivity contribution in [3.05, 3.63) is 51.7 Å². The van der Waals surface area contributed by atoms with Gasteiger partial charge in [-0.15, -0.1) is 21.5 Å². The van der Waals surface area contributed by atoms with Crippen molar-refractivity contribution in [2.75, 3.05) is 31.4 Å². The zero-order chi connectivity index (χ0) is 28.5. The third kappa shape index (κ3) is 7.15. The van der Waals surface area contributed by atoms with Crippen LogP contribution in [0.25, 0.3) is 0 Å². The van der Waals surface area contributed by atoms with Gasteiger partial charge in [-0.25, -0.2) is 9.59 Å². The number of amides is 2. The predicted molar refractivity (Wildman–Crippen MR) is 145 cm³/mol. The summed E-state index contributed by atoms with van der Waals surface area (Å²) in [6.07, 6.45) is 0. The van der Waals surface area contributed by atoms with Gasteiger partial charge in [-0.05, 0) is 38.5 Å². The number of carbonyl (C=O) groups is 4. The van der Waals surface area contributed by atoms with Gasteiger partial charge in [0.1, 0.15) is 15.6 Å². The molecule has 0 unspecified atom stereocenters. The number of thioether (sulfide) groups is 1. The number of esters is 2. The van der Waals surface area contributed by atoms with Crippen LogP contribution < -0.4 is 15.4 Å². The first-order valence-electron chi connectivity index (χ1n) is 11.9. The fourth-order valence-corrected chi connectivity index (χ4v) is 5.28. The highest BCUT2D eigenvalue weighted by molar-refractivity contribution is 7.99.